The summed E-state index contributed by atoms with van der Waals surface area (Å²) in [5.41, 5.74) is 4.52. The number of aromatic nitrogens is 2. The van der Waals surface area contributed by atoms with Gasteiger partial charge in [0.2, 0.25) is 0 Å². The summed E-state index contributed by atoms with van der Waals surface area (Å²) in [6, 6.07) is 20.3. The fraction of sp³-hybridized carbons (Fsp3) is 0.0606. The highest BCUT2D eigenvalue weighted by atomic mass is 35.5. The van der Waals surface area contributed by atoms with Crippen LogP contribution in [0.25, 0.3) is 11.4 Å². The van der Waals surface area contributed by atoms with Gasteiger partial charge >= 0.3 is 0 Å². The summed E-state index contributed by atoms with van der Waals surface area (Å²) in [7, 11) is 0. The number of nitrogens with zero attached hydrogens (tertiary/aromatic N) is 2. The van der Waals surface area contributed by atoms with Crippen LogP contribution in [0.4, 0.5) is 0 Å². The predicted molar refractivity (Wildman–Crippen MR) is 153 cm³/mol. The van der Waals surface area contributed by atoms with E-state index >= 15 is 0 Å². The molecule has 0 bridgehead atoms. The van der Waals surface area contributed by atoms with E-state index in [1.54, 1.807) is 88.3 Å². The van der Waals surface area contributed by atoms with Crippen LogP contribution in [0.2, 0.25) is 10.3 Å². The normalized spacial score (nSPS) is 13.6. The second-order valence-corrected chi connectivity index (χ2v) is 10.9. The van der Waals surface area contributed by atoms with Gasteiger partial charge in [0.05, 0.1) is 11.1 Å². The van der Waals surface area contributed by atoms with Crippen molar-refractivity contribution in [2.24, 2.45) is 0 Å². The summed E-state index contributed by atoms with van der Waals surface area (Å²) in [6.45, 7) is 3.63. The molecule has 4 aromatic carbocycles. The van der Waals surface area contributed by atoms with Crippen molar-refractivity contribution >= 4 is 46.3 Å². The Hall–Kier alpha value is -4.65. The molecule has 0 spiro atoms. The van der Waals surface area contributed by atoms with Gasteiger partial charge in [0.25, 0.3) is 16.6 Å². The summed E-state index contributed by atoms with van der Waals surface area (Å²) >= 11 is 13.7. The molecule has 0 saturated carbocycles. The Morgan fingerprint density at radius 2 is 1.02 bits per heavy atom. The van der Waals surface area contributed by atoms with Crippen molar-refractivity contribution in [3.63, 3.8) is 0 Å². The van der Waals surface area contributed by atoms with Crippen molar-refractivity contribution in [1.82, 2.24) is 4.57 Å². The first-order chi connectivity index (χ1) is 19.7. The highest BCUT2D eigenvalue weighted by Crippen LogP contribution is 2.37. The predicted octanol–water partition coefficient (Wildman–Crippen LogP) is 6.23. The van der Waals surface area contributed by atoms with Gasteiger partial charge in [-0.2, -0.15) is 9.13 Å². The van der Waals surface area contributed by atoms with Crippen LogP contribution in [0, 0.1) is 13.8 Å². The van der Waals surface area contributed by atoms with Crippen LogP contribution in [-0.2, 0) is 0 Å². The van der Waals surface area contributed by atoms with E-state index in [1.165, 1.54) is 0 Å². The Kier molecular flexibility index (Phi) is 5.52. The standard InChI is InChI=1S/C33H19Cl2N2O4/c1-16-11-13-22-24(30(40)20-9-5-3-7-18(20)28(22)38)26(16)36-15-37(33(35)32(36)34)27-17(2)12-14-23-25(27)31(41)21-10-6-4-8-19(21)29(23)39/h3-15H,1-2H3/q+1. The molecule has 8 heteroatoms. The summed E-state index contributed by atoms with van der Waals surface area (Å²) < 4.78 is 3.11. The molecule has 2 aliphatic carbocycles. The Labute approximate surface area is 244 Å². The van der Waals surface area contributed by atoms with Crippen LogP contribution in [0.3, 0.4) is 0 Å². The zero-order valence-electron chi connectivity index (χ0n) is 21.8. The largest absolute Gasteiger partial charge is 0.289 e. The third-order valence-corrected chi connectivity index (χ3v) is 8.66. The first kappa shape index (κ1) is 25.3. The fourth-order valence-electron chi connectivity index (χ4n) is 5.89. The number of halogens is 2. The SMILES string of the molecule is Cc1ccc2c(c1-n1c[n+](-c3c(C)ccc4c3C(=O)c3ccccc3C4=O)c(Cl)c1Cl)C(=O)c1ccccc1C2=O. The van der Waals surface area contributed by atoms with Gasteiger partial charge in [0.15, 0.2) is 23.1 Å². The highest BCUT2D eigenvalue weighted by molar-refractivity contribution is 6.40. The van der Waals surface area contributed by atoms with Crippen molar-refractivity contribution in [3.8, 4) is 11.4 Å². The Morgan fingerprint density at radius 1 is 0.561 bits per heavy atom. The number of hydrogen-bond acceptors (Lipinski definition) is 4. The third-order valence-electron chi connectivity index (χ3n) is 7.84. The van der Waals surface area contributed by atoms with Crippen LogP contribution in [0.15, 0.2) is 79.1 Å². The van der Waals surface area contributed by atoms with E-state index < -0.39 is 0 Å². The Balaban J connectivity index is 1.48. The topological polar surface area (TPSA) is 77.1 Å². The summed E-state index contributed by atoms with van der Waals surface area (Å²) in [5.74, 6) is -1.11. The molecule has 0 aliphatic heterocycles. The fourth-order valence-corrected chi connectivity index (χ4v) is 6.33. The van der Waals surface area contributed by atoms with Gasteiger partial charge in [-0.15, -0.1) is 0 Å². The average molecular weight is 578 g/mol. The van der Waals surface area contributed by atoms with E-state index in [-0.39, 0.29) is 55.7 Å². The maximum absolute atomic E-state index is 13.8. The lowest BCUT2D eigenvalue weighted by Gasteiger charge is -2.20. The van der Waals surface area contributed by atoms with E-state index in [4.69, 9.17) is 23.2 Å². The molecule has 1 aromatic heterocycles. The summed E-state index contributed by atoms with van der Waals surface area (Å²) in [5, 5.41) is 0.156. The molecular formula is C33H19Cl2N2O4+. The number of rotatable bonds is 2. The minimum absolute atomic E-state index is 0.0780. The number of aryl methyl sites for hydroxylation is 2. The zero-order chi connectivity index (χ0) is 28.7. The van der Waals surface area contributed by atoms with Crippen LogP contribution >= 0.6 is 23.2 Å². The molecule has 198 valence electrons. The number of carbonyl (C=O) groups is 4. The van der Waals surface area contributed by atoms with Crippen LogP contribution in [-0.4, -0.2) is 27.7 Å². The Bertz CT molecular complexity index is 1930. The number of hydrogen-bond donors (Lipinski definition) is 0. The zero-order valence-corrected chi connectivity index (χ0v) is 23.3. The molecule has 0 unspecified atom stereocenters. The summed E-state index contributed by atoms with van der Waals surface area (Å²) in [6.07, 6.45) is 1.59. The lowest BCUT2D eigenvalue weighted by molar-refractivity contribution is -0.593. The molecule has 6 nitrogen and oxygen atoms in total. The molecular weight excluding hydrogens is 559 g/mol. The minimum atomic E-state index is -0.299. The Morgan fingerprint density at radius 3 is 1.59 bits per heavy atom. The lowest BCUT2D eigenvalue weighted by Crippen LogP contribution is -2.36. The minimum Gasteiger partial charge on any atom is -0.289 e. The monoisotopic (exact) mass is 577 g/mol. The number of ketones is 4. The molecule has 0 saturated heterocycles. The van der Waals surface area contributed by atoms with Gasteiger partial charge < -0.3 is 0 Å². The molecule has 1 heterocycles. The van der Waals surface area contributed by atoms with E-state index in [2.05, 4.69) is 0 Å². The first-order valence-corrected chi connectivity index (χ1v) is 13.6. The molecule has 0 amide bonds. The quantitative estimate of drug-likeness (QED) is 0.228. The van der Waals surface area contributed by atoms with E-state index in [0.29, 0.717) is 44.8 Å². The van der Waals surface area contributed by atoms with Gasteiger partial charge in [-0.25, -0.2) is 0 Å². The molecule has 0 fully saturated rings. The van der Waals surface area contributed by atoms with Crippen LogP contribution in [0.5, 0.6) is 0 Å². The van der Waals surface area contributed by atoms with Gasteiger partial charge in [-0.1, -0.05) is 60.7 Å². The second-order valence-electron chi connectivity index (χ2n) is 10.2. The molecule has 5 aromatic rings. The number of carbonyl (C=O) groups excluding carboxylic acids is 4. The van der Waals surface area contributed by atoms with Crippen LogP contribution in [0.1, 0.15) is 74.8 Å². The van der Waals surface area contributed by atoms with Crippen molar-refractivity contribution < 1.29 is 23.7 Å². The number of fused-ring (bicyclic) bond motifs is 4. The van der Waals surface area contributed by atoms with E-state index in [1.807, 2.05) is 13.8 Å². The molecule has 41 heavy (non-hydrogen) atoms. The molecule has 0 N–H and O–H groups in total. The first-order valence-electron chi connectivity index (χ1n) is 12.8. The maximum atomic E-state index is 13.8. The third kappa shape index (κ3) is 3.41. The molecule has 0 atom stereocenters. The second kappa shape index (κ2) is 8.93. The average Bonchev–Trinajstić information content (AvgIpc) is 3.27. The van der Waals surface area contributed by atoms with Gasteiger partial charge in [-0.3, -0.25) is 19.2 Å². The van der Waals surface area contributed by atoms with Crippen molar-refractivity contribution in [2.45, 2.75) is 13.8 Å². The summed E-state index contributed by atoms with van der Waals surface area (Å²) in [4.78, 5) is 54.4. The highest BCUT2D eigenvalue weighted by Gasteiger charge is 2.39. The van der Waals surface area contributed by atoms with Gasteiger partial charge in [0, 0.05) is 33.4 Å². The van der Waals surface area contributed by atoms with Crippen molar-refractivity contribution in [1.29, 1.82) is 0 Å². The van der Waals surface area contributed by atoms with Crippen LogP contribution < -0.4 is 4.57 Å². The lowest BCUT2D eigenvalue weighted by atomic mass is 9.82. The molecule has 2 aliphatic rings. The van der Waals surface area contributed by atoms with Crippen molar-refractivity contribution in [2.75, 3.05) is 0 Å². The molecule has 7 rings (SSSR count). The maximum Gasteiger partial charge on any atom is 0.260 e. The van der Waals surface area contributed by atoms with Gasteiger partial charge in [0.1, 0.15) is 11.4 Å². The van der Waals surface area contributed by atoms with Gasteiger partial charge in [-0.05, 0) is 60.3 Å². The van der Waals surface area contributed by atoms with E-state index in [9.17, 15) is 19.2 Å². The number of benzene rings is 4. The molecule has 0 radical (unpaired) electrons. The van der Waals surface area contributed by atoms with E-state index in [0.717, 1.165) is 0 Å². The smallest absolute Gasteiger partial charge is 0.260 e. The van der Waals surface area contributed by atoms with Crippen molar-refractivity contribution in [3.05, 3.63) is 145 Å². The number of imidazole rings is 1.